The molecule has 1 unspecified atom stereocenters. The number of hydrogen-bond acceptors (Lipinski definition) is 3. The Kier molecular flexibility index (Phi) is 3.92. The minimum Gasteiger partial charge on any atom is -0.466 e. The SMILES string of the molecule is CC1(C(=O)Nc2ccc(Cl)c(Cl)c2)Oc2ccccc2NC1=O. The first kappa shape index (κ1) is 15.6. The molecule has 118 valence electrons. The summed E-state index contributed by atoms with van der Waals surface area (Å²) in [6.45, 7) is 1.41. The van der Waals surface area contributed by atoms with E-state index >= 15 is 0 Å². The summed E-state index contributed by atoms with van der Waals surface area (Å²) in [5.74, 6) is -0.726. The van der Waals surface area contributed by atoms with Crippen molar-refractivity contribution in [1.82, 2.24) is 0 Å². The molecule has 3 rings (SSSR count). The van der Waals surface area contributed by atoms with Gasteiger partial charge in [0.05, 0.1) is 15.7 Å². The summed E-state index contributed by atoms with van der Waals surface area (Å²) >= 11 is 11.8. The van der Waals surface area contributed by atoms with Gasteiger partial charge in [-0.15, -0.1) is 0 Å². The molecule has 1 aliphatic heterocycles. The van der Waals surface area contributed by atoms with Gasteiger partial charge in [0, 0.05) is 5.69 Å². The van der Waals surface area contributed by atoms with Crippen molar-refractivity contribution in [1.29, 1.82) is 0 Å². The van der Waals surface area contributed by atoms with Gasteiger partial charge in [-0.2, -0.15) is 0 Å². The Hall–Kier alpha value is -2.24. The lowest BCUT2D eigenvalue weighted by atomic mass is 10.0. The van der Waals surface area contributed by atoms with Gasteiger partial charge in [-0.25, -0.2) is 0 Å². The summed E-state index contributed by atoms with van der Waals surface area (Å²) < 4.78 is 5.64. The lowest BCUT2D eigenvalue weighted by Crippen LogP contribution is -2.56. The molecule has 2 amide bonds. The zero-order chi connectivity index (χ0) is 16.6. The van der Waals surface area contributed by atoms with Crippen LogP contribution in [0.4, 0.5) is 11.4 Å². The Balaban J connectivity index is 1.86. The third kappa shape index (κ3) is 2.85. The zero-order valence-corrected chi connectivity index (χ0v) is 13.5. The average Bonchev–Trinajstić information content (AvgIpc) is 2.52. The number of halogens is 2. The topological polar surface area (TPSA) is 67.4 Å². The number of hydrogen-bond donors (Lipinski definition) is 2. The van der Waals surface area contributed by atoms with E-state index in [4.69, 9.17) is 27.9 Å². The Morgan fingerprint density at radius 2 is 1.91 bits per heavy atom. The molecule has 23 heavy (non-hydrogen) atoms. The van der Waals surface area contributed by atoms with E-state index < -0.39 is 17.4 Å². The van der Waals surface area contributed by atoms with Crippen LogP contribution in [0.15, 0.2) is 42.5 Å². The number of rotatable bonds is 2. The van der Waals surface area contributed by atoms with Gasteiger partial charge in [0.15, 0.2) is 0 Å². The van der Waals surface area contributed by atoms with Crippen LogP contribution in [0, 0.1) is 0 Å². The molecule has 1 aliphatic rings. The van der Waals surface area contributed by atoms with E-state index in [2.05, 4.69) is 10.6 Å². The van der Waals surface area contributed by atoms with Crippen LogP contribution < -0.4 is 15.4 Å². The number of para-hydroxylation sites is 2. The number of ether oxygens (including phenoxy) is 1. The minimum absolute atomic E-state index is 0.300. The van der Waals surface area contributed by atoms with Gasteiger partial charge in [-0.3, -0.25) is 9.59 Å². The summed E-state index contributed by atoms with van der Waals surface area (Å²) in [5, 5.41) is 5.95. The Morgan fingerprint density at radius 1 is 1.17 bits per heavy atom. The van der Waals surface area contributed by atoms with Gasteiger partial charge >= 0.3 is 0 Å². The van der Waals surface area contributed by atoms with E-state index in [1.54, 1.807) is 36.4 Å². The molecule has 0 bridgehead atoms. The maximum atomic E-state index is 12.5. The monoisotopic (exact) mass is 350 g/mol. The molecule has 2 aromatic rings. The number of amides is 2. The fourth-order valence-electron chi connectivity index (χ4n) is 2.14. The zero-order valence-electron chi connectivity index (χ0n) is 12.0. The van der Waals surface area contributed by atoms with Crippen LogP contribution in [0.5, 0.6) is 5.75 Å². The quantitative estimate of drug-likeness (QED) is 0.811. The first-order chi connectivity index (χ1) is 10.9. The number of nitrogens with one attached hydrogen (secondary N) is 2. The Labute approximate surface area is 142 Å². The number of anilines is 2. The molecule has 0 saturated carbocycles. The van der Waals surface area contributed by atoms with Crippen molar-refractivity contribution in [2.75, 3.05) is 10.6 Å². The Bertz CT molecular complexity index is 810. The van der Waals surface area contributed by atoms with Gasteiger partial charge < -0.3 is 15.4 Å². The second-order valence-corrected chi connectivity index (χ2v) is 5.98. The number of benzene rings is 2. The smallest absolute Gasteiger partial charge is 0.278 e. The molecule has 0 spiro atoms. The number of fused-ring (bicyclic) bond motifs is 1. The van der Waals surface area contributed by atoms with E-state index in [9.17, 15) is 9.59 Å². The Morgan fingerprint density at radius 3 is 2.65 bits per heavy atom. The first-order valence-corrected chi connectivity index (χ1v) is 7.52. The molecule has 0 saturated heterocycles. The third-order valence-electron chi connectivity index (χ3n) is 3.49. The molecule has 0 aromatic heterocycles. The van der Waals surface area contributed by atoms with Crippen LogP contribution in [-0.4, -0.2) is 17.4 Å². The summed E-state index contributed by atoms with van der Waals surface area (Å²) in [4.78, 5) is 24.8. The summed E-state index contributed by atoms with van der Waals surface area (Å²) in [6.07, 6.45) is 0. The molecule has 7 heteroatoms. The van der Waals surface area contributed by atoms with Crippen molar-refractivity contribution in [3.05, 3.63) is 52.5 Å². The molecule has 1 heterocycles. The fraction of sp³-hybridized carbons (Fsp3) is 0.125. The molecular weight excluding hydrogens is 339 g/mol. The van der Waals surface area contributed by atoms with E-state index in [1.165, 1.54) is 13.0 Å². The van der Waals surface area contributed by atoms with Crippen LogP contribution in [-0.2, 0) is 9.59 Å². The van der Waals surface area contributed by atoms with Crippen molar-refractivity contribution in [3.8, 4) is 5.75 Å². The second kappa shape index (κ2) is 5.76. The summed E-state index contributed by atoms with van der Waals surface area (Å²) in [5.41, 5.74) is -0.751. The third-order valence-corrected chi connectivity index (χ3v) is 4.23. The van der Waals surface area contributed by atoms with E-state index in [0.29, 0.717) is 27.2 Å². The molecular formula is C16H12Cl2N2O3. The minimum atomic E-state index is -1.69. The molecule has 2 aromatic carbocycles. The van der Waals surface area contributed by atoms with E-state index in [1.807, 2.05) is 0 Å². The lowest BCUT2D eigenvalue weighted by molar-refractivity contribution is -0.143. The van der Waals surface area contributed by atoms with Crippen LogP contribution in [0.3, 0.4) is 0 Å². The predicted molar refractivity (Wildman–Crippen MR) is 89.2 cm³/mol. The highest BCUT2D eigenvalue weighted by Gasteiger charge is 2.47. The average molecular weight is 351 g/mol. The molecule has 5 nitrogen and oxygen atoms in total. The highest BCUT2D eigenvalue weighted by Crippen LogP contribution is 2.34. The lowest BCUT2D eigenvalue weighted by Gasteiger charge is -2.33. The second-order valence-electron chi connectivity index (χ2n) is 5.17. The standard InChI is InChI=1S/C16H12Cl2N2O3/c1-16(14(21)19-9-6-7-10(17)11(18)8-9)15(22)20-12-4-2-3-5-13(12)23-16/h2-8H,1H3,(H,19,21)(H,20,22). The van der Waals surface area contributed by atoms with Gasteiger partial charge in [0.2, 0.25) is 0 Å². The van der Waals surface area contributed by atoms with Crippen LogP contribution >= 0.6 is 23.2 Å². The van der Waals surface area contributed by atoms with E-state index in [0.717, 1.165) is 0 Å². The van der Waals surface area contributed by atoms with Crippen LogP contribution in [0.25, 0.3) is 0 Å². The number of carbonyl (C=O) groups excluding carboxylic acids is 2. The molecule has 2 N–H and O–H groups in total. The van der Waals surface area contributed by atoms with Crippen molar-refractivity contribution >= 4 is 46.4 Å². The van der Waals surface area contributed by atoms with Gasteiger partial charge in [-0.05, 0) is 37.3 Å². The normalized spacial score (nSPS) is 19.3. The van der Waals surface area contributed by atoms with Crippen molar-refractivity contribution in [3.63, 3.8) is 0 Å². The van der Waals surface area contributed by atoms with Crippen LogP contribution in [0.2, 0.25) is 10.0 Å². The maximum Gasteiger partial charge on any atom is 0.278 e. The van der Waals surface area contributed by atoms with Gasteiger partial charge in [-0.1, -0.05) is 35.3 Å². The first-order valence-electron chi connectivity index (χ1n) is 6.76. The van der Waals surface area contributed by atoms with Crippen molar-refractivity contribution in [2.24, 2.45) is 0 Å². The highest BCUT2D eigenvalue weighted by molar-refractivity contribution is 6.42. The summed E-state index contributed by atoms with van der Waals surface area (Å²) in [6, 6.07) is 11.5. The number of carbonyl (C=O) groups is 2. The highest BCUT2D eigenvalue weighted by atomic mass is 35.5. The summed E-state index contributed by atoms with van der Waals surface area (Å²) in [7, 11) is 0. The maximum absolute atomic E-state index is 12.5. The molecule has 0 radical (unpaired) electrons. The van der Waals surface area contributed by atoms with Crippen molar-refractivity contribution < 1.29 is 14.3 Å². The molecule has 0 aliphatic carbocycles. The molecule has 0 fully saturated rings. The van der Waals surface area contributed by atoms with Crippen LogP contribution in [0.1, 0.15) is 6.92 Å². The molecule has 1 atom stereocenters. The largest absolute Gasteiger partial charge is 0.466 e. The van der Waals surface area contributed by atoms with Crippen molar-refractivity contribution in [2.45, 2.75) is 12.5 Å². The van der Waals surface area contributed by atoms with E-state index in [-0.39, 0.29) is 0 Å². The van der Waals surface area contributed by atoms with Gasteiger partial charge in [0.1, 0.15) is 5.75 Å². The van der Waals surface area contributed by atoms with Gasteiger partial charge in [0.25, 0.3) is 17.4 Å². The predicted octanol–water partition coefficient (Wildman–Crippen LogP) is 3.72. The fourth-order valence-corrected chi connectivity index (χ4v) is 2.44.